The van der Waals surface area contributed by atoms with Crippen LogP contribution in [0.5, 0.6) is 0 Å². The molecule has 0 saturated heterocycles. The van der Waals surface area contributed by atoms with E-state index in [4.69, 9.17) is 0 Å². The van der Waals surface area contributed by atoms with Gasteiger partial charge < -0.3 is 4.57 Å². The van der Waals surface area contributed by atoms with Crippen molar-refractivity contribution in [2.45, 2.75) is 25.8 Å². The Hall–Kier alpha value is -1.90. The highest BCUT2D eigenvalue weighted by Crippen LogP contribution is 2.22. The summed E-state index contributed by atoms with van der Waals surface area (Å²) >= 11 is 0. The molecule has 92 valence electrons. The highest BCUT2D eigenvalue weighted by atomic mass is 19.1. The number of hydrogen-bond acceptors (Lipinski definition) is 1. The van der Waals surface area contributed by atoms with Gasteiger partial charge in [0.25, 0.3) is 0 Å². The average Bonchev–Trinajstić information content (AvgIpc) is 2.73. The zero-order valence-electron chi connectivity index (χ0n) is 10.0. The maximum atomic E-state index is 13.1. The molecule has 0 bridgehead atoms. The van der Waals surface area contributed by atoms with E-state index >= 15 is 0 Å². The molecule has 0 N–H and O–H groups in total. The molecule has 1 aliphatic rings. The Morgan fingerprint density at radius 3 is 2.89 bits per heavy atom. The van der Waals surface area contributed by atoms with Gasteiger partial charge in [-0.3, -0.25) is 4.79 Å². The molecule has 0 amide bonds. The number of Topliss-reactive ketones (excluding diaryl/α,β-unsaturated/α-hetero) is 1. The number of rotatable bonds is 2. The second-order valence-electron chi connectivity index (χ2n) is 4.78. The second-order valence-corrected chi connectivity index (χ2v) is 4.78. The van der Waals surface area contributed by atoms with Crippen molar-refractivity contribution in [2.75, 3.05) is 0 Å². The first-order chi connectivity index (χ1) is 8.72. The summed E-state index contributed by atoms with van der Waals surface area (Å²) in [7, 11) is 0. The molecule has 1 aliphatic carbocycles. The molecule has 2 aromatic rings. The quantitative estimate of drug-likeness (QED) is 0.794. The van der Waals surface area contributed by atoms with Crippen LogP contribution in [-0.4, -0.2) is 10.4 Å². The Balaban J connectivity index is 1.88. The first-order valence-corrected chi connectivity index (χ1v) is 6.19. The molecule has 0 saturated carbocycles. The van der Waals surface area contributed by atoms with Gasteiger partial charge in [0.2, 0.25) is 0 Å². The first-order valence-electron chi connectivity index (χ1n) is 6.19. The van der Waals surface area contributed by atoms with Gasteiger partial charge in [0.1, 0.15) is 5.82 Å². The van der Waals surface area contributed by atoms with Crippen molar-refractivity contribution in [3.8, 4) is 0 Å². The number of hydrogen-bond donors (Lipinski definition) is 0. The van der Waals surface area contributed by atoms with Crippen LogP contribution in [0, 0.1) is 5.82 Å². The van der Waals surface area contributed by atoms with Crippen LogP contribution in [0.15, 0.2) is 36.7 Å². The van der Waals surface area contributed by atoms with E-state index in [1.165, 1.54) is 12.1 Å². The van der Waals surface area contributed by atoms with Crippen molar-refractivity contribution in [2.24, 2.45) is 0 Å². The normalized spacial score (nSPS) is 14.6. The van der Waals surface area contributed by atoms with E-state index in [1.807, 2.05) is 23.0 Å². The van der Waals surface area contributed by atoms with E-state index in [0.717, 1.165) is 29.5 Å². The largest absolute Gasteiger partial charge is 0.349 e. The molecular weight excluding hydrogens is 229 g/mol. The van der Waals surface area contributed by atoms with Gasteiger partial charge in [-0.05, 0) is 36.1 Å². The SMILES string of the molecule is O=C1CCCc2cn(Cc3cccc(F)c3)cc21. The average molecular weight is 243 g/mol. The molecule has 3 heteroatoms. The van der Waals surface area contributed by atoms with E-state index in [0.29, 0.717) is 13.0 Å². The van der Waals surface area contributed by atoms with Crippen LogP contribution in [0.4, 0.5) is 4.39 Å². The Morgan fingerprint density at radius 2 is 2.11 bits per heavy atom. The summed E-state index contributed by atoms with van der Waals surface area (Å²) in [5, 5.41) is 0. The summed E-state index contributed by atoms with van der Waals surface area (Å²) in [6.45, 7) is 0.609. The lowest BCUT2D eigenvalue weighted by Gasteiger charge is -2.07. The molecular formula is C15H14FNO. The summed E-state index contributed by atoms with van der Waals surface area (Å²) in [6, 6.07) is 6.57. The molecule has 0 aliphatic heterocycles. The number of nitrogens with zero attached hydrogens (tertiary/aromatic N) is 1. The third-order valence-corrected chi connectivity index (χ3v) is 3.37. The lowest BCUT2D eigenvalue weighted by atomic mass is 9.95. The Morgan fingerprint density at radius 1 is 1.22 bits per heavy atom. The molecule has 0 atom stereocenters. The van der Waals surface area contributed by atoms with Gasteiger partial charge in [0.15, 0.2) is 5.78 Å². The Bertz CT molecular complexity index is 600. The van der Waals surface area contributed by atoms with Crippen LogP contribution >= 0.6 is 0 Å². The van der Waals surface area contributed by atoms with Crippen LogP contribution in [0.25, 0.3) is 0 Å². The van der Waals surface area contributed by atoms with Crippen molar-refractivity contribution >= 4 is 5.78 Å². The zero-order chi connectivity index (χ0) is 12.5. The second kappa shape index (κ2) is 4.41. The number of aryl methyl sites for hydroxylation is 1. The Kier molecular flexibility index (Phi) is 2.74. The standard InChI is InChI=1S/C15H14FNO/c16-13-5-1-3-11(7-13)8-17-9-12-4-2-6-15(18)14(12)10-17/h1,3,5,7,9-10H,2,4,6,8H2. The monoisotopic (exact) mass is 243 g/mol. The number of carbonyl (C=O) groups is 1. The first kappa shape index (κ1) is 11.2. The molecule has 1 aromatic carbocycles. The maximum absolute atomic E-state index is 13.1. The van der Waals surface area contributed by atoms with Crippen LogP contribution < -0.4 is 0 Å². The number of halogens is 1. The van der Waals surface area contributed by atoms with Crippen molar-refractivity contribution in [1.29, 1.82) is 0 Å². The molecule has 0 radical (unpaired) electrons. The highest BCUT2D eigenvalue weighted by molar-refractivity contribution is 5.98. The van der Waals surface area contributed by atoms with Gasteiger partial charge in [0, 0.05) is 30.9 Å². The van der Waals surface area contributed by atoms with Crippen LogP contribution in [-0.2, 0) is 13.0 Å². The van der Waals surface area contributed by atoms with Gasteiger partial charge >= 0.3 is 0 Å². The molecule has 0 spiro atoms. The Labute approximate surface area is 105 Å². The zero-order valence-corrected chi connectivity index (χ0v) is 10.0. The minimum Gasteiger partial charge on any atom is -0.349 e. The molecule has 2 nitrogen and oxygen atoms in total. The van der Waals surface area contributed by atoms with E-state index in [1.54, 1.807) is 6.07 Å². The number of aromatic nitrogens is 1. The van der Waals surface area contributed by atoms with Crippen molar-refractivity contribution in [1.82, 2.24) is 4.57 Å². The lowest BCUT2D eigenvalue weighted by Crippen LogP contribution is -2.07. The molecule has 3 rings (SSSR count). The van der Waals surface area contributed by atoms with Crippen LogP contribution in [0.2, 0.25) is 0 Å². The summed E-state index contributed by atoms with van der Waals surface area (Å²) < 4.78 is 15.1. The number of benzene rings is 1. The molecule has 1 heterocycles. The maximum Gasteiger partial charge on any atom is 0.164 e. The lowest BCUT2D eigenvalue weighted by molar-refractivity contribution is 0.0973. The van der Waals surface area contributed by atoms with E-state index in [2.05, 4.69) is 0 Å². The predicted octanol–water partition coefficient (Wildman–Crippen LogP) is 3.19. The van der Waals surface area contributed by atoms with E-state index < -0.39 is 0 Å². The van der Waals surface area contributed by atoms with Crippen molar-refractivity contribution in [3.05, 3.63) is 59.2 Å². The summed E-state index contributed by atoms with van der Waals surface area (Å²) in [4.78, 5) is 11.7. The molecule has 18 heavy (non-hydrogen) atoms. The van der Waals surface area contributed by atoms with Crippen LogP contribution in [0.3, 0.4) is 0 Å². The molecule has 1 aromatic heterocycles. The predicted molar refractivity (Wildman–Crippen MR) is 67.2 cm³/mol. The van der Waals surface area contributed by atoms with E-state index in [9.17, 15) is 9.18 Å². The fraction of sp³-hybridized carbons (Fsp3) is 0.267. The third kappa shape index (κ3) is 2.08. The van der Waals surface area contributed by atoms with E-state index in [-0.39, 0.29) is 11.6 Å². The number of carbonyl (C=O) groups excluding carboxylic acids is 1. The topological polar surface area (TPSA) is 22.0 Å². The number of ketones is 1. The fourth-order valence-electron chi connectivity index (χ4n) is 2.52. The summed E-state index contributed by atoms with van der Waals surface area (Å²) in [5.74, 6) is 0.00902. The van der Waals surface area contributed by atoms with Gasteiger partial charge in [-0.15, -0.1) is 0 Å². The summed E-state index contributed by atoms with van der Waals surface area (Å²) in [6.07, 6.45) is 6.46. The van der Waals surface area contributed by atoms with Gasteiger partial charge in [0.05, 0.1) is 0 Å². The highest BCUT2D eigenvalue weighted by Gasteiger charge is 2.18. The number of fused-ring (bicyclic) bond motifs is 1. The minimum atomic E-state index is -0.222. The van der Waals surface area contributed by atoms with Crippen molar-refractivity contribution in [3.63, 3.8) is 0 Å². The summed E-state index contributed by atoms with van der Waals surface area (Å²) in [5.41, 5.74) is 2.88. The molecule has 0 unspecified atom stereocenters. The van der Waals surface area contributed by atoms with Crippen LogP contribution in [0.1, 0.15) is 34.3 Å². The van der Waals surface area contributed by atoms with Gasteiger partial charge in [-0.2, -0.15) is 0 Å². The smallest absolute Gasteiger partial charge is 0.164 e. The van der Waals surface area contributed by atoms with Crippen molar-refractivity contribution < 1.29 is 9.18 Å². The van der Waals surface area contributed by atoms with Gasteiger partial charge in [-0.1, -0.05) is 12.1 Å². The fourth-order valence-corrected chi connectivity index (χ4v) is 2.52. The van der Waals surface area contributed by atoms with Gasteiger partial charge in [-0.25, -0.2) is 4.39 Å². The minimum absolute atomic E-state index is 0.222. The molecule has 0 fully saturated rings. The third-order valence-electron chi connectivity index (χ3n) is 3.37.